The number of thiophene rings is 1. The molecule has 0 aliphatic heterocycles. The molecule has 0 aliphatic rings. The summed E-state index contributed by atoms with van der Waals surface area (Å²) < 4.78 is 6.38. The number of amides is 1. The Labute approximate surface area is 112 Å². The molecule has 2 rings (SSSR count). The zero-order valence-corrected chi connectivity index (χ0v) is 11.9. The average Bonchev–Trinajstić information content (AvgIpc) is 2.84. The molecule has 1 amide bonds. The van der Waals surface area contributed by atoms with Crippen LogP contribution in [-0.2, 0) is 6.54 Å². The van der Waals surface area contributed by atoms with Gasteiger partial charge in [-0.3, -0.25) is 4.79 Å². The predicted octanol–water partition coefficient (Wildman–Crippen LogP) is 3.19. The van der Waals surface area contributed by atoms with Crippen molar-refractivity contribution in [1.29, 1.82) is 0 Å². The molecule has 1 N–H and O–H groups in total. The van der Waals surface area contributed by atoms with E-state index in [1.807, 2.05) is 0 Å². The first-order chi connectivity index (χ1) is 7.66. The summed E-state index contributed by atoms with van der Waals surface area (Å²) in [6, 6.07) is 3.48. The van der Waals surface area contributed by atoms with Gasteiger partial charge in [-0.1, -0.05) is 5.16 Å². The summed E-state index contributed by atoms with van der Waals surface area (Å²) in [5, 5.41) is 6.45. The van der Waals surface area contributed by atoms with Gasteiger partial charge in [-0.25, -0.2) is 0 Å². The van der Waals surface area contributed by atoms with Gasteiger partial charge in [0.05, 0.1) is 19.7 Å². The summed E-state index contributed by atoms with van der Waals surface area (Å²) in [5.74, 6) is -0.142. The van der Waals surface area contributed by atoms with E-state index in [1.54, 1.807) is 12.1 Å². The third-order valence-electron chi connectivity index (χ3n) is 1.82. The van der Waals surface area contributed by atoms with Crippen molar-refractivity contribution >= 4 is 49.1 Å². The highest BCUT2D eigenvalue weighted by Gasteiger charge is 2.13. The molecule has 0 spiro atoms. The Bertz CT molecular complexity index is 496. The van der Waals surface area contributed by atoms with Crippen LogP contribution < -0.4 is 5.32 Å². The molecule has 0 radical (unpaired) electrons. The van der Waals surface area contributed by atoms with Crippen molar-refractivity contribution in [1.82, 2.24) is 10.5 Å². The van der Waals surface area contributed by atoms with Gasteiger partial charge in [0, 0.05) is 6.07 Å². The summed E-state index contributed by atoms with van der Waals surface area (Å²) in [6.07, 6.45) is 1.47. The summed E-state index contributed by atoms with van der Waals surface area (Å²) in [7, 11) is 0. The van der Waals surface area contributed by atoms with Gasteiger partial charge in [-0.05, 0) is 37.9 Å². The van der Waals surface area contributed by atoms with Gasteiger partial charge in [0.15, 0.2) is 0 Å². The second kappa shape index (κ2) is 5.11. The Kier molecular flexibility index (Phi) is 3.78. The second-order valence-electron chi connectivity index (χ2n) is 2.91. The van der Waals surface area contributed by atoms with Gasteiger partial charge in [0.2, 0.25) is 0 Å². The molecule has 0 unspecified atom stereocenters. The number of carbonyl (C=O) groups excluding carboxylic acids is 1. The molecule has 2 aromatic heterocycles. The van der Waals surface area contributed by atoms with Crippen molar-refractivity contribution in [2.75, 3.05) is 0 Å². The zero-order chi connectivity index (χ0) is 11.5. The van der Waals surface area contributed by atoms with E-state index >= 15 is 0 Å². The van der Waals surface area contributed by atoms with Crippen LogP contribution in [0.25, 0.3) is 0 Å². The predicted molar refractivity (Wildman–Crippen MR) is 67.4 cm³/mol. The number of hydrogen-bond donors (Lipinski definition) is 1. The molecule has 16 heavy (non-hydrogen) atoms. The van der Waals surface area contributed by atoms with Gasteiger partial charge in [-0.2, -0.15) is 0 Å². The molecule has 0 atom stereocenters. The van der Waals surface area contributed by atoms with Gasteiger partial charge in [0.25, 0.3) is 5.91 Å². The van der Waals surface area contributed by atoms with Crippen molar-refractivity contribution in [3.63, 3.8) is 0 Å². The van der Waals surface area contributed by atoms with E-state index in [4.69, 9.17) is 0 Å². The lowest BCUT2D eigenvalue weighted by molar-refractivity contribution is 0.0950. The molecule has 84 valence electrons. The first-order valence-electron chi connectivity index (χ1n) is 4.29. The third-order valence-corrected chi connectivity index (χ3v) is 4.16. The smallest absolute Gasteiger partial charge is 0.253 e. The molecule has 0 fully saturated rings. The number of aromatic nitrogens is 1. The minimum absolute atomic E-state index is 0.142. The third kappa shape index (κ3) is 2.72. The molecular weight excluding hydrogens is 360 g/mol. The Hall–Kier alpha value is -0.660. The van der Waals surface area contributed by atoms with E-state index in [-0.39, 0.29) is 5.91 Å². The maximum atomic E-state index is 11.8. The standard InChI is InChI=1S/C9H6Br2N2O2S/c10-7-3-6(8(11)16-7)9(14)12-4-5-1-2-15-13-5/h1-3H,4H2,(H,12,14). The topological polar surface area (TPSA) is 55.1 Å². The first kappa shape index (κ1) is 11.8. The van der Waals surface area contributed by atoms with Crippen molar-refractivity contribution < 1.29 is 9.32 Å². The monoisotopic (exact) mass is 364 g/mol. The molecule has 0 saturated carbocycles. The van der Waals surface area contributed by atoms with Crippen LogP contribution >= 0.6 is 43.2 Å². The average molecular weight is 366 g/mol. The van der Waals surface area contributed by atoms with Crippen molar-refractivity contribution in [3.05, 3.63) is 37.2 Å². The molecule has 0 bridgehead atoms. The summed E-state index contributed by atoms with van der Waals surface area (Å²) in [4.78, 5) is 11.8. The van der Waals surface area contributed by atoms with E-state index in [0.29, 0.717) is 17.8 Å². The van der Waals surface area contributed by atoms with E-state index < -0.39 is 0 Å². The molecule has 4 nitrogen and oxygen atoms in total. The number of nitrogens with one attached hydrogen (secondary N) is 1. The highest BCUT2D eigenvalue weighted by molar-refractivity contribution is 9.12. The SMILES string of the molecule is O=C(NCc1ccon1)c1cc(Br)sc1Br. The van der Waals surface area contributed by atoms with E-state index in [9.17, 15) is 4.79 Å². The number of carbonyl (C=O) groups is 1. The molecule has 0 aromatic carbocycles. The maximum absolute atomic E-state index is 11.8. The van der Waals surface area contributed by atoms with Crippen LogP contribution in [0.3, 0.4) is 0 Å². The van der Waals surface area contributed by atoms with E-state index in [1.165, 1.54) is 17.6 Å². The minimum atomic E-state index is -0.142. The second-order valence-corrected chi connectivity index (χ2v) is 6.66. The maximum Gasteiger partial charge on any atom is 0.253 e. The van der Waals surface area contributed by atoms with Crippen molar-refractivity contribution in [3.8, 4) is 0 Å². The van der Waals surface area contributed by atoms with Crippen LogP contribution in [0.5, 0.6) is 0 Å². The largest absolute Gasteiger partial charge is 0.364 e. The van der Waals surface area contributed by atoms with Gasteiger partial charge >= 0.3 is 0 Å². The van der Waals surface area contributed by atoms with Crippen LogP contribution in [0.1, 0.15) is 16.1 Å². The molecule has 2 heterocycles. The lowest BCUT2D eigenvalue weighted by Gasteiger charge is -2.00. The van der Waals surface area contributed by atoms with Crippen LogP contribution in [0.15, 0.2) is 30.5 Å². The van der Waals surface area contributed by atoms with Crippen LogP contribution in [-0.4, -0.2) is 11.1 Å². The minimum Gasteiger partial charge on any atom is -0.364 e. The fourth-order valence-electron chi connectivity index (χ4n) is 1.09. The Morgan fingerprint density at radius 3 is 2.94 bits per heavy atom. The van der Waals surface area contributed by atoms with Gasteiger partial charge in [0.1, 0.15) is 12.0 Å². The number of hydrogen-bond acceptors (Lipinski definition) is 4. The molecule has 7 heteroatoms. The van der Waals surface area contributed by atoms with Gasteiger partial charge in [-0.15, -0.1) is 11.3 Å². The van der Waals surface area contributed by atoms with E-state index in [2.05, 4.69) is 46.9 Å². The molecule has 0 aliphatic carbocycles. The highest BCUT2D eigenvalue weighted by Crippen LogP contribution is 2.31. The Morgan fingerprint density at radius 1 is 1.56 bits per heavy atom. The zero-order valence-electron chi connectivity index (χ0n) is 7.87. The lowest BCUT2D eigenvalue weighted by Crippen LogP contribution is -2.22. The van der Waals surface area contributed by atoms with E-state index in [0.717, 1.165) is 7.57 Å². The number of rotatable bonds is 3. The molecule has 0 saturated heterocycles. The summed E-state index contributed by atoms with van der Waals surface area (Å²) in [5.41, 5.74) is 1.30. The quantitative estimate of drug-likeness (QED) is 0.908. The highest BCUT2D eigenvalue weighted by atomic mass is 79.9. The fraction of sp³-hybridized carbons (Fsp3) is 0.111. The molecule has 2 aromatic rings. The normalized spacial score (nSPS) is 10.4. The fourth-order valence-corrected chi connectivity index (χ4v) is 3.88. The van der Waals surface area contributed by atoms with Crippen LogP contribution in [0.4, 0.5) is 0 Å². The van der Waals surface area contributed by atoms with Crippen molar-refractivity contribution in [2.24, 2.45) is 0 Å². The Balaban J connectivity index is 2.01. The van der Waals surface area contributed by atoms with Crippen LogP contribution in [0, 0.1) is 0 Å². The summed E-state index contributed by atoms with van der Waals surface area (Å²) in [6.45, 7) is 0.356. The lowest BCUT2D eigenvalue weighted by atomic mass is 10.3. The first-order valence-corrected chi connectivity index (χ1v) is 6.69. The Morgan fingerprint density at radius 2 is 2.38 bits per heavy atom. The number of halogens is 2. The van der Waals surface area contributed by atoms with Gasteiger partial charge < -0.3 is 9.84 Å². The molecular formula is C9H6Br2N2O2S. The van der Waals surface area contributed by atoms with Crippen LogP contribution in [0.2, 0.25) is 0 Å². The summed E-state index contributed by atoms with van der Waals surface area (Å²) >= 11 is 8.11. The number of nitrogens with zero attached hydrogens (tertiary/aromatic N) is 1. The van der Waals surface area contributed by atoms with Crippen molar-refractivity contribution in [2.45, 2.75) is 6.54 Å².